The summed E-state index contributed by atoms with van der Waals surface area (Å²) >= 11 is 0. The van der Waals surface area contributed by atoms with Gasteiger partial charge in [0.1, 0.15) is 6.54 Å². The first-order valence-corrected chi connectivity index (χ1v) is 10.9. The Hall–Kier alpha value is -2.90. The summed E-state index contributed by atoms with van der Waals surface area (Å²) in [5, 5.41) is 4.32. The highest BCUT2D eigenvalue weighted by atomic mass is 32.2. The second-order valence-electron chi connectivity index (χ2n) is 7.44. The molecule has 1 aliphatic rings. The van der Waals surface area contributed by atoms with Crippen molar-refractivity contribution in [3.63, 3.8) is 0 Å². The van der Waals surface area contributed by atoms with Gasteiger partial charge in [0.05, 0.1) is 10.6 Å². The van der Waals surface area contributed by atoms with Crippen molar-refractivity contribution in [2.45, 2.75) is 11.3 Å². The fraction of sp³-hybridized carbons (Fsp3) is 0.227. The Balaban J connectivity index is 1.50. The van der Waals surface area contributed by atoms with Crippen molar-refractivity contribution in [3.8, 4) is 0 Å². The van der Waals surface area contributed by atoms with Crippen LogP contribution in [-0.4, -0.2) is 46.4 Å². The van der Waals surface area contributed by atoms with Crippen molar-refractivity contribution < 1.29 is 13.2 Å². The fourth-order valence-electron chi connectivity index (χ4n) is 3.57. The Morgan fingerprint density at radius 2 is 1.69 bits per heavy atom. The van der Waals surface area contributed by atoms with E-state index in [1.54, 1.807) is 24.3 Å². The molecule has 1 amide bonds. The Morgan fingerprint density at radius 1 is 1.00 bits per heavy atom. The maximum absolute atomic E-state index is 13.0. The number of carbonyl (C=O) groups is 1. The molecule has 0 bridgehead atoms. The molecule has 0 radical (unpaired) electrons. The van der Waals surface area contributed by atoms with Gasteiger partial charge in [-0.3, -0.25) is 9.10 Å². The van der Waals surface area contributed by atoms with Crippen LogP contribution in [0.25, 0.3) is 10.8 Å². The molecule has 3 aromatic carbocycles. The molecule has 1 aliphatic heterocycles. The Labute approximate surface area is 170 Å². The summed E-state index contributed by atoms with van der Waals surface area (Å²) in [5.74, 6) is -0.376. The highest BCUT2D eigenvalue weighted by Crippen LogP contribution is 2.41. The van der Waals surface area contributed by atoms with Gasteiger partial charge in [0.15, 0.2) is 0 Å². The van der Waals surface area contributed by atoms with Gasteiger partial charge in [-0.1, -0.05) is 36.4 Å². The Morgan fingerprint density at radius 3 is 2.38 bits per heavy atom. The molecule has 0 fully saturated rings. The normalized spacial score (nSPS) is 14.5. The third-order valence-electron chi connectivity index (χ3n) is 5.05. The quantitative estimate of drug-likeness (QED) is 0.679. The molecule has 1 N–H and O–H groups in total. The van der Waals surface area contributed by atoms with E-state index in [1.807, 2.05) is 50.5 Å². The van der Waals surface area contributed by atoms with Crippen LogP contribution in [-0.2, 0) is 21.2 Å². The zero-order valence-corrected chi connectivity index (χ0v) is 17.2. The molecule has 29 heavy (non-hydrogen) atoms. The van der Waals surface area contributed by atoms with E-state index in [1.165, 1.54) is 9.87 Å². The molecule has 150 valence electrons. The van der Waals surface area contributed by atoms with Gasteiger partial charge in [0.2, 0.25) is 5.91 Å². The van der Waals surface area contributed by atoms with Gasteiger partial charge < -0.3 is 10.2 Å². The average Bonchev–Trinajstić information content (AvgIpc) is 2.91. The van der Waals surface area contributed by atoms with E-state index < -0.39 is 10.0 Å². The van der Waals surface area contributed by atoms with Gasteiger partial charge in [0.25, 0.3) is 10.0 Å². The molecule has 0 spiro atoms. The van der Waals surface area contributed by atoms with Crippen molar-refractivity contribution in [1.82, 2.24) is 4.90 Å². The number of hydrogen-bond donors (Lipinski definition) is 1. The molecular weight excluding hydrogens is 386 g/mol. The van der Waals surface area contributed by atoms with Crippen LogP contribution in [0.15, 0.2) is 65.6 Å². The van der Waals surface area contributed by atoms with Gasteiger partial charge in [-0.2, -0.15) is 0 Å². The standard InChI is InChI=1S/C22H23N3O3S/c1-24(2)14-13-16-9-11-18(12-10-16)23-21(26)15-25-19-7-3-5-17-6-4-8-20(22(17)19)29(25,27)28/h3-12H,13-15H2,1-2H3,(H,23,26). The second-order valence-corrected chi connectivity index (χ2v) is 9.27. The van der Waals surface area contributed by atoms with E-state index in [9.17, 15) is 13.2 Å². The van der Waals surface area contributed by atoms with Crippen LogP contribution >= 0.6 is 0 Å². The number of anilines is 2. The maximum atomic E-state index is 13.0. The average molecular weight is 410 g/mol. The number of carbonyl (C=O) groups excluding carboxylic acids is 1. The number of hydrogen-bond acceptors (Lipinski definition) is 4. The van der Waals surface area contributed by atoms with Crippen molar-refractivity contribution >= 4 is 38.1 Å². The van der Waals surface area contributed by atoms with Gasteiger partial charge in [0, 0.05) is 17.6 Å². The summed E-state index contributed by atoms with van der Waals surface area (Å²) < 4.78 is 27.1. The van der Waals surface area contributed by atoms with Crippen molar-refractivity contribution in [2.24, 2.45) is 0 Å². The minimum Gasteiger partial charge on any atom is -0.325 e. The van der Waals surface area contributed by atoms with Gasteiger partial charge in [-0.05, 0) is 55.7 Å². The number of likely N-dealkylation sites (N-methyl/N-ethyl adjacent to an activating group) is 1. The number of sulfonamides is 1. The fourth-order valence-corrected chi connectivity index (χ4v) is 5.23. The molecule has 0 saturated heterocycles. The lowest BCUT2D eigenvalue weighted by atomic mass is 10.1. The van der Waals surface area contributed by atoms with Crippen LogP contribution in [0.2, 0.25) is 0 Å². The molecule has 7 heteroatoms. The lowest BCUT2D eigenvalue weighted by Gasteiger charge is -2.18. The minimum atomic E-state index is -3.74. The van der Waals surface area contributed by atoms with E-state index in [4.69, 9.17) is 0 Å². The topological polar surface area (TPSA) is 69.7 Å². The van der Waals surface area contributed by atoms with Crippen molar-refractivity contribution in [1.29, 1.82) is 0 Å². The summed E-state index contributed by atoms with van der Waals surface area (Å²) in [7, 11) is 0.315. The number of nitrogens with one attached hydrogen (secondary N) is 1. The highest BCUT2D eigenvalue weighted by molar-refractivity contribution is 7.93. The Bertz CT molecular complexity index is 1170. The summed E-state index contributed by atoms with van der Waals surface area (Å²) in [6, 6.07) is 18.2. The van der Waals surface area contributed by atoms with Crippen LogP contribution < -0.4 is 9.62 Å². The molecule has 0 atom stereocenters. The van der Waals surface area contributed by atoms with E-state index >= 15 is 0 Å². The summed E-state index contributed by atoms with van der Waals surface area (Å²) in [5.41, 5.74) is 2.38. The van der Waals surface area contributed by atoms with Crippen LogP contribution in [0.1, 0.15) is 5.56 Å². The molecule has 0 unspecified atom stereocenters. The smallest absolute Gasteiger partial charge is 0.265 e. The van der Waals surface area contributed by atoms with Gasteiger partial charge in [-0.25, -0.2) is 8.42 Å². The first-order chi connectivity index (χ1) is 13.9. The largest absolute Gasteiger partial charge is 0.325 e. The van der Waals surface area contributed by atoms with Gasteiger partial charge in [-0.15, -0.1) is 0 Å². The molecule has 3 aromatic rings. The SMILES string of the molecule is CN(C)CCc1ccc(NC(=O)CN2c3cccc4cccc(c34)S2(=O)=O)cc1. The van der Waals surface area contributed by atoms with Crippen LogP contribution in [0.4, 0.5) is 11.4 Å². The molecule has 0 aromatic heterocycles. The highest BCUT2D eigenvalue weighted by Gasteiger charge is 2.36. The van der Waals surface area contributed by atoms with E-state index in [2.05, 4.69) is 10.2 Å². The lowest BCUT2D eigenvalue weighted by Crippen LogP contribution is -2.35. The zero-order chi connectivity index (χ0) is 20.6. The van der Waals surface area contributed by atoms with Crippen LogP contribution in [0, 0.1) is 0 Å². The predicted molar refractivity (Wildman–Crippen MR) is 116 cm³/mol. The first-order valence-electron chi connectivity index (χ1n) is 9.44. The van der Waals surface area contributed by atoms with Crippen molar-refractivity contribution in [3.05, 3.63) is 66.2 Å². The van der Waals surface area contributed by atoms with E-state index in [-0.39, 0.29) is 17.3 Å². The van der Waals surface area contributed by atoms with Gasteiger partial charge >= 0.3 is 0 Å². The second kappa shape index (κ2) is 7.50. The molecule has 4 rings (SSSR count). The third kappa shape index (κ3) is 3.71. The Kier molecular flexibility index (Phi) is 5.02. The van der Waals surface area contributed by atoms with Crippen LogP contribution in [0.3, 0.4) is 0 Å². The lowest BCUT2D eigenvalue weighted by molar-refractivity contribution is -0.114. The number of benzene rings is 3. The summed E-state index contributed by atoms with van der Waals surface area (Å²) in [6.07, 6.45) is 0.926. The van der Waals surface area contributed by atoms with Crippen molar-refractivity contribution in [2.75, 3.05) is 36.8 Å². The molecule has 0 aliphatic carbocycles. The van der Waals surface area contributed by atoms with E-state index in [0.717, 1.165) is 18.4 Å². The third-order valence-corrected chi connectivity index (χ3v) is 6.86. The minimum absolute atomic E-state index is 0.253. The maximum Gasteiger partial charge on any atom is 0.265 e. The summed E-state index contributed by atoms with van der Waals surface area (Å²) in [6.45, 7) is 0.684. The molecule has 6 nitrogen and oxygen atoms in total. The number of rotatable bonds is 6. The van der Waals surface area contributed by atoms with E-state index in [0.29, 0.717) is 16.8 Å². The number of amides is 1. The number of nitrogens with zero attached hydrogens (tertiary/aromatic N) is 2. The van der Waals surface area contributed by atoms with Crippen LogP contribution in [0.5, 0.6) is 0 Å². The predicted octanol–water partition coefficient (Wildman–Crippen LogP) is 3.09. The molecule has 0 saturated carbocycles. The summed E-state index contributed by atoms with van der Waals surface area (Å²) in [4.78, 5) is 15.0. The zero-order valence-electron chi connectivity index (χ0n) is 16.4. The monoisotopic (exact) mass is 409 g/mol. The molecular formula is C22H23N3O3S. The first kappa shape index (κ1) is 19.4. The molecule has 1 heterocycles.